The predicted octanol–water partition coefficient (Wildman–Crippen LogP) is -0.949. The van der Waals surface area contributed by atoms with Crippen LogP contribution in [0, 0.1) is 0 Å². The van der Waals surface area contributed by atoms with Crippen LogP contribution in [0.25, 0.3) is 0 Å². The Labute approximate surface area is 90.0 Å². The van der Waals surface area contributed by atoms with Crippen molar-refractivity contribution in [3.05, 3.63) is 0 Å². The second kappa shape index (κ2) is 4.08. The molecule has 2 aliphatic heterocycles. The van der Waals surface area contributed by atoms with Crippen LogP contribution in [-0.2, 0) is 4.79 Å². The first-order chi connectivity index (χ1) is 7.15. The third-order valence-electron chi connectivity index (χ3n) is 3.64. The maximum atomic E-state index is 11.4. The highest BCUT2D eigenvalue weighted by atomic mass is 16.4. The number of piperazine rings is 1. The van der Waals surface area contributed by atoms with Gasteiger partial charge >= 0.3 is 5.97 Å². The Bertz CT molecular complexity index is 243. The molecule has 0 aliphatic carbocycles. The molecule has 0 aromatic heterocycles. The van der Waals surface area contributed by atoms with E-state index >= 15 is 0 Å². The average Bonchev–Trinajstić information content (AvgIpc) is 2.69. The van der Waals surface area contributed by atoms with E-state index in [2.05, 4.69) is 22.2 Å². The van der Waals surface area contributed by atoms with Crippen molar-refractivity contribution in [3.8, 4) is 0 Å². The van der Waals surface area contributed by atoms with Crippen LogP contribution in [0.4, 0.5) is 0 Å². The smallest absolute Gasteiger partial charge is 0.325 e. The van der Waals surface area contributed by atoms with Gasteiger partial charge in [0.2, 0.25) is 0 Å². The van der Waals surface area contributed by atoms with Gasteiger partial charge in [0.05, 0.1) is 0 Å². The van der Waals surface area contributed by atoms with Gasteiger partial charge in [-0.3, -0.25) is 9.69 Å². The first kappa shape index (κ1) is 10.9. The second-order valence-electron chi connectivity index (χ2n) is 4.55. The number of hydrogen-bond acceptors (Lipinski definition) is 4. The van der Waals surface area contributed by atoms with Crippen LogP contribution in [0.3, 0.4) is 0 Å². The van der Waals surface area contributed by atoms with E-state index in [1.807, 2.05) is 0 Å². The van der Waals surface area contributed by atoms with E-state index in [4.69, 9.17) is 0 Å². The quantitative estimate of drug-likeness (QED) is 0.619. The Hall–Kier alpha value is -0.650. The van der Waals surface area contributed by atoms with Crippen LogP contribution in [0.15, 0.2) is 0 Å². The van der Waals surface area contributed by atoms with Crippen LogP contribution in [-0.4, -0.2) is 72.7 Å². The van der Waals surface area contributed by atoms with Gasteiger partial charge in [0.1, 0.15) is 5.54 Å². The van der Waals surface area contributed by atoms with Crippen LogP contribution < -0.4 is 5.32 Å². The van der Waals surface area contributed by atoms with Gasteiger partial charge in [0.25, 0.3) is 0 Å². The summed E-state index contributed by atoms with van der Waals surface area (Å²) in [5.74, 6) is -0.669. The number of carboxylic acid groups (broad SMARTS) is 1. The maximum absolute atomic E-state index is 11.4. The molecule has 0 amide bonds. The fraction of sp³-hybridized carbons (Fsp3) is 0.900. The summed E-state index contributed by atoms with van der Waals surface area (Å²) in [5.41, 5.74) is -0.638. The summed E-state index contributed by atoms with van der Waals surface area (Å²) in [4.78, 5) is 15.8. The number of aliphatic carboxylic acids is 1. The summed E-state index contributed by atoms with van der Waals surface area (Å²) in [7, 11) is 2.08. The zero-order valence-corrected chi connectivity index (χ0v) is 9.20. The topological polar surface area (TPSA) is 55.8 Å². The number of carboxylic acids is 1. The largest absolute Gasteiger partial charge is 0.480 e. The van der Waals surface area contributed by atoms with Gasteiger partial charge in [-0.25, -0.2) is 0 Å². The standard InChI is InChI=1S/C10H19N3O2/c1-12-4-6-13(7-5-12)10(9(14)15)2-3-11-8-10/h11H,2-8H2,1H3,(H,14,15). The summed E-state index contributed by atoms with van der Waals surface area (Å²) >= 11 is 0. The molecule has 0 aromatic rings. The zero-order valence-electron chi connectivity index (χ0n) is 9.20. The molecule has 15 heavy (non-hydrogen) atoms. The molecule has 5 heteroatoms. The molecular formula is C10H19N3O2. The van der Waals surface area contributed by atoms with Gasteiger partial charge in [0, 0.05) is 32.7 Å². The maximum Gasteiger partial charge on any atom is 0.325 e. The number of carbonyl (C=O) groups is 1. The van der Waals surface area contributed by atoms with Crippen molar-refractivity contribution < 1.29 is 9.90 Å². The Morgan fingerprint density at radius 2 is 2.00 bits per heavy atom. The number of hydrogen-bond donors (Lipinski definition) is 2. The lowest BCUT2D eigenvalue weighted by atomic mass is 9.95. The highest BCUT2D eigenvalue weighted by Gasteiger charge is 2.46. The minimum atomic E-state index is -0.669. The van der Waals surface area contributed by atoms with Gasteiger partial charge in [-0.1, -0.05) is 0 Å². The van der Waals surface area contributed by atoms with E-state index in [0.717, 1.165) is 39.1 Å². The van der Waals surface area contributed by atoms with Crippen molar-refractivity contribution in [3.63, 3.8) is 0 Å². The van der Waals surface area contributed by atoms with Gasteiger partial charge < -0.3 is 15.3 Å². The number of nitrogens with one attached hydrogen (secondary N) is 1. The number of nitrogens with zero attached hydrogens (tertiary/aromatic N) is 2. The number of likely N-dealkylation sites (N-methyl/N-ethyl adjacent to an activating group) is 1. The van der Waals surface area contributed by atoms with Crippen LogP contribution >= 0.6 is 0 Å². The van der Waals surface area contributed by atoms with Gasteiger partial charge in [-0.2, -0.15) is 0 Å². The molecule has 0 aromatic carbocycles. The predicted molar refractivity (Wildman–Crippen MR) is 56.9 cm³/mol. The summed E-state index contributed by atoms with van der Waals surface area (Å²) in [5, 5.41) is 12.6. The normalized spacial score (nSPS) is 34.5. The highest BCUT2D eigenvalue weighted by Crippen LogP contribution is 2.24. The molecule has 1 atom stereocenters. The van der Waals surface area contributed by atoms with Crippen LogP contribution in [0.1, 0.15) is 6.42 Å². The van der Waals surface area contributed by atoms with Crippen molar-refractivity contribution >= 4 is 5.97 Å². The summed E-state index contributed by atoms with van der Waals surface area (Å²) in [6.45, 7) is 5.07. The molecule has 0 bridgehead atoms. The first-order valence-electron chi connectivity index (χ1n) is 5.53. The third-order valence-corrected chi connectivity index (χ3v) is 3.64. The van der Waals surface area contributed by atoms with E-state index in [0.29, 0.717) is 6.54 Å². The molecule has 0 saturated carbocycles. The van der Waals surface area contributed by atoms with E-state index in [1.165, 1.54) is 0 Å². The Morgan fingerprint density at radius 1 is 1.33 bits per heavy atom. The van der Waals surface area contributed by atoms with Crippen molar-refractivity contribution in [1.29, 1.82) is 0 Å². The van der Waals surface area contributed by atoms with Crippen LogP contribution in [0.5, 0.6) is 0 Å². The lowest BCUT2D eigenvalue weighted by Crippen LogP contribution is -2.61. The minimum Gasteiger partial charge on any atom is -0.480 e. The van der Waals surface area contributed by atoms with E-state index in [-0.39, 0.29) is 0 Å². The van der Waals surface area contributed by atoms with Crippen molar-refractivity contribution in [1.82, 2.24) is 15.1 Å². The molecule has 2 heterocycles. The Morgan fingerprint density at radius 3 is 2.47 bits per heavy atom. The molecule has 0 spiro atoms. The molecule has 5 nitrogen and oxygen atoms in total. The molecule has 1 unspecified atom stereocenters. The summed E-state index contributed by atoms with van der Waals surface area (Å²) < 4.78 is 0. The monoisotopic (exact) mass is 213 g/mol. The molecule has 2 N–H and O–H groups in total. The van der Waals surface area contributed by atoms with Gasteiger partial charge in [-0.05, 0) is 20.0 Å². The second-order valence-corrected chi connectivity index (χ2v) is 4.55. The zero-order chi connectivity index (χ0) is 10.9. The first-order valence-corrected chi connectivity index (χ1v) is 5.53. The molecular weight excluding hydrogens is 194 g/mol. The fourth-order valence-electron chi connectivity index (χ4n) is 2.50. The highest BCUT2D eigenvalue weighted by molar-refractivity contribution is 5.79. The van der Waals surface area contributed by atoms with E-state index in [9.17, 15) is 9.90 Å². The lowest BCUT2D eigenvalue weighted by Gasteiger charge is -2.42. The minimum absolute atomic E-state index is 0.589. The van der Waals surface area contributed by atoms with Gasteiger partial charge in [-0.15, -0.1) is 0 Å². The molecule has 0 radical (unpaired) electrons. The Balaban J connectivity index is 2.08. The van der Waals surface area contributed by atoms with Gasteiger partial charge in [0.15, 0.2) is 0 Å². The molecule has 2 rings (SSSR count). The Kier molecular flexibility index (Phi) is 2.95. The molecule has 2 fully saturated rings. The average molecular weight is 213 g/mol. The van der Waals surface area contributed by atoms with Crippen molar-refractivity contribution in [2.45, 2.75) is 12.0 Å². The molecule has 2 aliphatic rings. The fourth-order valence-corrected chi connectivity index (χ4v) is 2.50. The lowest BCUT2D eigenvalue weighted by molar-refractivity contribution is -0.151. The van der Waals surface area contributed by atoms with Crippen molar-refractivity contribution in [2.24, 2.45) is 0 Å². The van der Waals surface area contributed by atoms with E-state index in [1.54, 1.807) is 0 Å². The SMILES string of the molecule is CN1CCN(C2(C(=O)O)CCNC2)CC1. The van der Waals surface area contributed by atoms with E-state index < -0.39 is 11.5 Å². The molecule has 86 valence electrons. The van der Waals surface area contributed by atoms with Crippen LogP contribution in [0.2, 0.25) is 0 Å². The number of rotatable bonds is 2. The summed E-state index contributed by atoms with van der Waals surface area (Å²) in [6.07, 6.45) is 0.728. The van der Waals surface area contributed by atoms with Crippen molar-refractivity contribution in [2.75, 3.05) is 46.3 Å². The third kappa shape index (κ3) is 1.87. The molecule has 2 saturated heterocycles. The summed E-state index contributed by atoms with van der Waals surface area (Å²) in [6, 6.07) is 0.